The summed E-state index contributed by atoms with van der Waals surface area (Å²) in [6.07, 6.45) is 1.53. The quantitative estimate of drug-likeness (QED) is 0.561. The maximum absolute atomic E-state index is 11.9. The molecule has 0 spiro atoms. The second-order valence-corrected chi connectivity index (χ2v) is 5.24. The first kappa shape index (κ1) is 16.4. The molecule has 0 aliphatic heterocycles. The van der Waals surface area contributed by atoms with Crippen molar-refractivity contribution in [2.24, 2.45) is 0 Å². The van der Waals surface area contributed by atoms with Gasteiger partial charge < -0.3 is 19.0 Å². The number of amides is 1. The average molecular weight is 341 g/mol. The fraction of sp³-hybridized carbons (Fsp3) is 0.176. The zero-order chi connectivity index (χ0) is 17.8. The van der Waals surface area contributed by atoms with Gasteiger partial charge in [-0.25, -0.2) is 9.78 Å². The number of benzene rings is 1. The molecule has 3 rings (SSSR count). The third-order valence-corrected chi connectivity index (χ3v) is 3.21. The maximum Gasteiger partial charge on any atom is 0.331 e. The van der Waals surface area contributed by atoms with E-state index in [2.05, 4.69) is 15.5 Å². The van der Waals surface area contributed by atoms with Gasteiger partial charge in [-0.3, -0.25) is 4.79 Å². The minimum absolute atomic E-state index is 0.257. The van der Waals surface area contributed by atoms with Crippen LogP contribution in [0.15, 0.2) is 45.3 Å². The highest BCUT2D eigenvalue weighted by molar-refractivity contribution is 5.96. The Morgan fingerprint density at radius 3 is 2.84 bits per heavy atom. The molecular weight excluding hydrogens is 326 g/mol. The molecule has 1 N–H and O–H groups in total. The number of nitrogens with one attached hydrogen (secondary N) is 1. The topological polar surface area (TPSA) is 107 Å². The minimum Gasteiger partial charge on any atom is -0.449 e. The first-order chi connectivity index (χ1) is 12.0. The Labute approximate surface area is 142 Å². The summed E-state index contributed by atoms with van der Waals surface area (Å²) in [6, 6.07) is 8.79. The summed E-state index contributed by atoms with van der Waals surface area (Å²) in [5.74, 6) is -0.125. The van der Waals surface area contributed by atoms with Gasteiger partial charge in [-0.15, -0.1) is 0 Å². The third kappa shape index (κ3) is 4.11. The predicted octanol–water partition coefficient (Wildman–Crippen LogP) is 2.71. The van der Waals surface area contributed by atoms with E-state index < -0.39 is 18.0 Å². The van der Waals surface area contributed by atoms with Crippen LogP contribution >= 0.6 is 0 Å². The molecule has 0 radical (unpaired) electrons. The molecule has 8 nitrogen and oxygen atoms in total. The van der Waals surface area contributed by atoms with E-state index in [1.165, 1.54) is 13.0 Å². The third-order valence-electron chi connectivity index (χ3n) is 3.21. The smallest absolute Gasteiger partial charge is 0.331 e. The van der Waals surface area contributed by atoms with E-state index in [0.717, 1.165) is 6.08 Å². The molecule has 0 aliphatic carbocycles. The first-order valence-electron chi connectivity index (χ1n) is 7.50. The number of ether oxygens (including phenoxy) is 1. The van der Waals surface area contributed by atoms with Gasteiger partial charge in [0, 0.05) is 18.2 Å². The fourth-order valence-corrected chi connectivity index (χ4v) is 2.02. The molecule has 1 amide bonds. The van der Waals surface area contributed by atoms with Crippen LogP contribution in [0.1, 0.15) is 18.6 Å². The molecule has 0 bridgehead atoms. The highest BCUT2D eigenvalue weighted by Gasteiger charge is 2.18. The van der Waals surface area contributed by atoms with Gasteiger partial charge in [0.1, 0.15) is 11.3 Å². The normalized spacial score (nSPS) is 12.4. The van der Waals surface area contributed by atoms with E-state index in [-0.39, 0.29) is 11.7 Å². The van der Waals surface area contributed by atoms with Gasteiger partial charge in [-0.05, 0) is 26.0 Å². The van der Waals surface area contributed by atoms with Crippen molar-refractivity contribution in [1.29, 1.82) is 0 Å². The standard InChI is InChI=1S/C17H15N3O5/c1-10-9-14(20-25-10)19-17(22)11(2)23-16(21)8-7-15-18-12-5-3-4-6-13(12)24-15/h3-9,11H,1-2H3,(H,19,20,22)/b8-7+/t11-/m1/s1. The molecule has 0 unspecified atom stereocenters. The van der Waals surface area contributed by atoms with Crippen LogP contribution in [-0.2, 0) is 14.3 Å². The lowest BCUT2D eigenvalue weighted by atomic mass is 10.3. The zero-order valence-electron chi connectivity index (χ0n) is 13.6. The van der Waals surface area contributed by atoms with Crippen LogP contribution in [0, 0.1) is 6.92 Å². The van der Waals surface area contributed by atoms with Gasteiger partial charge in [-0.1, -0.05) is 17.3 Å². The van der Waals surface area contributed by atoms with E-state index in [1.807, 2.05) is 12.1 Å². The van der Waals surface area contributed by atoms with E-state index in [4.69, 9.17) is 13.7 Å². The van der Waals surface area contributed by atoms with Crippen LogP contribution in [0.3, 0.4) is 0 Å². The van der Waals surface area contributed by atoms with Gasteiger partial charge in [-0.2, -0.15) is 0 Å². The highest BCUT2D eigenvalue weighted by Crippen LogP contribution is 2.15. The Morgan fingerprint density at radius 2 is 2.12 bits per heavy atom. The van der Waals surface area contributed by atoms with E-state index in [0.29, 0.717) is 16.9 Å². The zero-order valence-corrected chi connectivity index (χ0v) is 13.6. The number of para-hydroxylation sites is 2. The minimum atomic E-state index is -1.00. The number of fused-ring (bicyclic) bond motifs is 1. The van der Waals surface area contributed by atoms with Crippen molar-refractivity contribution in [3.63, 3.8) is 0 Å². The number of anilines is 1. The first-order valence-corrected chi connectivity index (χ1v) is 7.50. The summed E-state index contributed by atoms with van der Waals surface area (Å²) >= 11 is 0. The van der Waals surface area contributed by atoms with Crippen molar-refractivity contribution in [3.8, 4) is 0 Å². The van der Waals surface area contributed by atoms with E-state index in [9.17, 15) is 9.59 Å². The van der Waals surface area contributed by atoms with Crippen molar-refractivity contribution in [2.75, 3.05) is 5.32 Å². The number of nitrogens with zero attached hydrogens (tertiary/aromatic N) is 2. The molecule has 25 heavy (non-hydrogen) atoms. The summed E-state index contributed by atoms with van der Waals surface area (Å²) in [5.41, 5.74) is 1.30. The van der Waals surface area contributed by atoms with Crippen LogP contribution in [0.4, 0.5) is 5.82 Å². The molecule has 2 aromatic heterocycles. The summed E-state index contributed by atoms with van der Waals surface area (Å²) < 4.78 is 15.3. The number of carbonyl (C=O) groups excluding carboxylic acids is 2. The number of carbonyl (C=O) groups is 2. The number of hydrogen-bond acceptors (Lipinski definition) is 7. The number of hydrogen-bond donors (Lipinski definition) is 1. The summed E-state index contributed by atoms with van der Waals surface area (Å²) in [7, 11) is 0. The Kier molecular flexibility index (Phi) is 4.60. The van der Waals surface area contributed by atoms with Crippen LogP contribution < -0.4 is 5.32 Å². The van der Waals surface area contributed by atoms with Gasteiger partial charge >= 0.3 is 5.97 Å². The number of esters is 1. The Hall–Kier alpha value is -3.42. The van der Waals surface area contributed by atoms with Crippen LogP contribution in [0.5, 0.6) is 0 Å². The van der Waals surface area contributed by atoms with Gasteiger partial charge in [0.05, 0.1) is 0 Å². The van der Waals surface area contributed by atoms with Gasteiger partial charge in [0.25, 0.3) is 5.91 Å². The lowest BCUT2D eigenvalue weighted by Gasteiger charge is -2.10. The number of rotatable bonds is 5. The Morgan fingerprint density at radius 1 is 1.32 bits per heavy atom. The summed E-state index contributed by atoms with van der Waals surface area (Å²) in [4.78, 5) is 27.9. The molecule has 1 atom stereocenters. The molecule has 8 heteroatoms. The summed E-state index contributed by atoms with van der Waals surface area (Å²) in [6.45, 7) is 3.15. The number of aromatic nitrogens is 2. The van der Waals surface area contributed by atoms with Crippen LogP contribution in [-0.4, -0.2) is 28.1 Å². The lowest BCUT2D eigenvalue weighted by Crippen LogP contribution is -2.29. The SMILES string of the molecule is Cc1cc(NC(=O)[C@@H](C)OC(=O)/C=C/c2nc3ccccc3o2)no1. The monoisotopic (exact) mass is 341 g/mol. The molecule has 0 aliphatic rings. The van der Waals surface area contributed by atoms with Crippen LogP contribution in [0.25, 0.3) is 17.2 Å². The largest absolute Gasteiger partial charge is 0.449 e. The van der Waals surface area contributed by atoms with Gasteiger partial charge in [0.2, 0.25) is 5.89 Å². The maximum atomic E-state index is 11.9. The lowest BCUT2D eigenvalue weighted by molar-refractivity contribution is -0.148. The molecule has 128 valence electrons. The Balaban J connectivity index is 1.56. The van der Waals surface area contributed by atoms with Crippen molar-refractivity contribution in [1.82, 2.24) is 10.1 Å². The molecule has 3 aromatic rings. The molecule has 0 saturated carbocycles. The summed E-state index contributed by atoms with van der Waals surface area (Å²) in [5, 5.41) is 6.12. The highest BCUT2D eigenvalue weighted by atomic mass is 16.5. The van der Waals surface area contributed by atoms with E-state index >= 15 is 0 Å². The van der Waals surface area contributed by atoms with Crippen molar-refractivity contribution >= 4 is 34.9 Å². The van der Waals surface area contributed by atoms with Crippen molar-refractivity contribution in [3.05, 3.63) is 48.1 Å². The molecule has 1 aromatic carbocycles. The fourth-order valence-electron chi connectivity index (χ4n) is 2.02. The van der Waals surface area contributed by atoms with Crippen LogP contribution in [0.2, 0.25) is 0 Å². The average Bonchev–Trinajstić information content (AvgIpc) is 3.18. The van der Waals surface area contributed by atoms with Crippen molar-refractivity contribution in [2.45, 2.75) is 20.0 Å². The molecular formula is C17H15N3O5. The second-order valence-electron chi connectivity index (χ2n) is 5.24. The van der Waals surface area contributed by atoms with Gasteiger partial charge in [0.15, 0.2) is 17.5 Å². The predicted molar refractivity (Wildman–Crippen MR) is 88.5 cm³/mol. The molecule has 0 fully saturated rings. The van der Waals surface area contributed by atoms with E-state index in [1.54, 1.807) is 25.1 Å². The second kappa shape index (κ2) is 7.00. The molecule has 0 saturated heterocycles. The van der Waals surface area contributed by atoms with Crippen molar-refractivity contribution < 1.29 is 23.3 Å². The number of aryl methyl sites for hydroxylation is 1. The number of oxazole rings is 1. The Bertz CT molecular complexity index is 908. The molecule has 2 heterocycles.